The number of carboxylic acid groups (broad SMARTS) is 1. The van der Waals surface area contributed by atoms with E-state index in [9.17, 15) is 4.79 Å². The molecule has 0 bridgehead atoms. The summed E-state index contributed by atoms with van der Waals surface area (Å²) in [6.07, 6.45) is 2.84. The molecule has 1 unspecified atom stereocenters. The van der Waals surface area contributed by atoms with Crippen molar-refractivity contribution < 1.29 is 14.6 Å². The molecule has 0 spiro atoms. The van der Waals surface area contributed by atoms with Gasteiger partial charge in [-0.3, -0.25) is 0 Å². The lowest BCUT2D eigenvalue weighted by molar-refractivity contribution is -0.132. The highest BCUT2D eigenvalue weighted by molar-refractivity contribution is 5.86. The Morgan fingerprint density at radius 3 is 2.69 bits per heavy atom. The van der Waals surface area contributed by atoms with Gasteiger partial charge in [0.05, 0.1) is 11.7 Å². The van der Waals surface area contributed by atoms with Crippen LogP contribution in [0.5, 0.6) is 0 Å². The summed E-state index contributed by atoms with van der Waals surface area (Å²) in [5.74, 6) is -0.877. The molecular formula is C9H17NO3. The topological polar surface area (TPSA) is 58.6 Å². The molecule has 2 N–H and O–H groups in total. The van der Waals surface area contributed by atoms with Crippen molar-refractivity contribution in [2.24, 2.45) is 0 Å². The van der Waals surface area contributed by atoms with Crippen molar-refractivity contribution in [1.82, 2.24) is 5.32 Å². The summed E-state index contributed by atoms with van der Waals surface area (Å²) in [5.41, 5.74) is 0.381. The third kappa shape index (κ3) is 5.25. The van der Waals surface area contributed by atoms with E-state index >= 15 is 0 Å². The van der Waals surface area contributed by atoms with Crippen molar-refractivity contribution in [3.8, 4) is 0 Å². The molecule has 76 valence electrons. The summed E-state index contributed by atoms with van der Waals surface area (Å²) < 4.78 is 5.02. The fourth-order valence-electron chi connectivity index (χ4n) is 0.892. The van der Waals surface area contributed by atoms with Gasteiger partial charge in [-0.05, 0) is 19.8 Å². The number of hydrogen-bond donors (Lipinski definition) is 2. The quantitative estimate of drug-likeness (QED) is 0.609. The van der Waals surface area contributed by atoms with Crippen molar-refractivity contribution in [2.45, 2.75) is 25.9 Å². The van der Waals surface area contributed by atoms with Crippen LogP contribution in [0.1, 0.15) is 19.8 Å². The maximum absolute atomic E-state index is 10.6. The third-order valence-corrected chi connectivity index (χ3v) is 1.82. The first kappa shape index (κ1) is 12.0. The number of ether oxygens (including phenoxy) is 1. The van der Waals surface area contributed by atoms with Gasteiger partial charge in [-0.15, -0.1) is 0 Å². The van der Waals surface area contributed by atoms with Gasteiger partial charge in [-0.2, -0.15) is 0 Å². The number of carbonyl (C=O) groups is 1. The number of carboxylic acids is 1. The number of nitrogens with one attached hydrogen (secondary N) is 1. The fourth-order valence-corrected chi connectivity index (χ4v) is 0.892. The molecule has 4 heteroatoms. The van der Waals surface area contributed by atoms with Gasteiger partial charge in [0, 0.05) is 20.4 Å². The summed E-state index contributed by atoms with van der Waals surface area (Å²) in [6, 6.07) is 0. The van der Waals surface area contributed by atoms with Gasteiger partial charge >= 0.3 is 5.97 Å². The molecular weight excluding hydrogens is 170 g/mol. The molecule has 4 nitrogen and oxygen atoms in total. The van der Waals surface area contributed by atoms with E-state index in [1.807, 2.05) is 6.92 Å². The summed E-state index contributed by atoms with van der Waals surface area (Å²) in [6.45, 7) is 1.92. The standard InChI is InChI=1S/C9H17NO3/c1-7(13-3)4-5-8(6-10-2)9(11)12/h6-7,10H,4-5H2,1-3H3,(H,11,12)/b8-6+. The van der Waals surface area contributed by atoms with E-state index in [-0.39, 0.29) is 6.10 Å². The zero-order chi connectivity index (χ0) is 10.3. The van der Waals surface area contributed by atoms with Gasteiger partial charge < -0.3 is 15.2 Å². The molecule has 0 aliphatic carbocycles. The number of hydrogen-bond acceptors (Lipinski definition) is 3. The molecule has 0 aromatic heterocycles. The van der Waals surface area contributed by atoms with Crippen LogP contribution in [-0.2, 0) is 9.53 Å². The SMILES string of the molecule is CN/C=C(\CCC(C)OC)C(=O)O. The molecule has 0 aliphatic rings. The Kier molecular flexibility index (Phi) is 5.97. The lowest BCUT2D eigenvalue weighted by Gasteiger charge is -2.08. The molecule has 0 radical (unpaired) electrons. The molecule has 0 heterocycles. The molecule has 0 aliphatic heterocycles. The van der Waals surface area contributed by atoms with E-state index in [1.165, 1.54) is 6.20 Å². The van der Waals surface area contributed by atoms with Gasteiger partial charge in [0.1, 0.15) is 0 Å². The Balaban J connectivity index is 3.98. The average Bonchev–Trinajstić information content (AvgIpc) is 2.11. The second-order valence-corrected chi connectivity index (χ2v) is 2.85. The van der Waals surface area contributed by atoms with E-state index in [4.69, 9.17) is 9.84 Å². The van der Waals surface area contributed by atoms with Crippen LogP contribution in [0, 0.1) is 0 Å². The lowest BCUT2D eigenvalue weighted by Crippen LogP contribution is -2.10. The summed E-state index contributed by atoms with van der Waals surface area (Å²) >= 11 is 0. The molecule has 0 saturated carbocycles. The highest BCUT2D eigenvalue weighted by atomic mass is 16.5. The average molecular weight is 187 g/mol. The first-order valence-corrected chi connectivity index (χ1v) is 4.24. The second-order valence-electron chi connectivity index (χ2n) is 2.85. The molecule has 0 saturated heterocycles. The van der Waals surface area contributed by atoms with Crippen molar-refractivity contribution in [2.75, 3.05) is 14.2 Å². The zero-order valence-electron chi connectivity index (χ0n) is 8.33. The van der Waals surface area contributed by atoms with Crippen LogP contribution in [0.15, 0.2) is 11.8 Å². The minimum atomic E-state index is -0.877. The zero-order valence-corrected chi connectivity index (χ0v) is 8.33. The second kappa shape index (κ2) is 6.48. The monoisotopic (exact) mass is 187 g/mol. The molecule has 0 aromatic rings. The minimum Gasteiger partial charge on any atom is -0.478 e. The van der Waals surface area contributed by atoms with Crippen molar-refractivity contribution >= 4 is 5.97 Å². The first-order chi connectivity index (χ1) is 6.11. The van der Waals surface area contributed by atoms with Crippen molar-refractivity contribution in [1.29, 1.82) is 0 Å². The fraction of sp³-hybridized carbons (Fsp3) is 0.667. The predicted octanol–water partition coefficient (Wildman–Crippen LogP) is 0.989. The van der Waals surface area contributed by atoms with E-state index in [1.54, 1.807) is 14.2 Å². The normalized spacial score (nSPS) is 13.9. The van der Waals surface area contributed by atoms with Crippen LogP contribution in [0.4, 0.5) is 0 Å². The largest absolute Gasteiger partial charge is 0.478 e. The van der Waals surface area contributed by atoms with E-state index < -0.39 is 5.97 Å². The van der Waals surface area contributed by atoms with Crippen LogP contribution >= 0.6 is 0 Å². The Bertz CT molecular complexity index is 189. The smallest absolute Gasteiger partial charge is 0.333 e. The Labute approximate surface area is 78.6 Å². The van der Waals surface area contributed by atoms with Crippen molar-refractivity contribution in [3.63, 3.8) is 0 Å². The molecule has 0 rings (SSSR count). The highest BCUT2D eigenvalue weighted by Gasteiger charge is 2.08. The Morgan fingerprint density at radius 2 is 2.31 bits per heavy atom. The first-order valence-electron chi connectivity index (χ1n) is 4.24. The van der Waals surface area contributed by atoms with Gasteiger partial charge in [0.15, 0.2) is 0 Å². The number of methoxy groups -OCH3 is 1. The molecule has 0 fully saturated rings. The van der Waals surface area contributed by atoms with Gasteiger partial charge in [0.25, 0.3) is 0 Å². The van der Waals surface area contributed by atoms with Crippen LogP contribution in [0.2, 0.25) is 0 Å². The minimum absolute atomic E-state index is 0.0969. The predicted molar refractivity (Wildman–Crippen MR) is 50.5 cm³/mol. The molecule has 13 heavy (non-hydrogen) atoms. The number of rotatable bonds is 6. The summed E-state index contributed by atoms with van der Waals surface area (Å²) in [7, 11) is 3.30. The van der Waals surface area contributed by atoms with Crippen LogP contribution in [-0.4, -0.2) is 31.3 Å². The lowest BCUT2D eigenvalue weighted by atomic mass is 10.1. The Morgan fingerprint density at radius 1 is 1.69 bits per heavy atom. The van der Waals surface area contributed by atoms with E-state index in [2.05, 4.69) is 5.32 Å². The number of aliphatic carboxylic acids is 1. The van der Waals surface area contributed by atoms with E-state index in [0.29, 0.717) is 12.0 Å². The highest BCUT2D eigenvalue weighted by Crippen LogP contribution is 2.08. The molecule has 0 amide bonds. The van der Waals surface area contributed by atoms with Crippen LogP contribution < -0.4 is 5.32 Å². The van der Waals surface area contributed by atoms with Gasteiger partial charge in [0.2, 0.25) is 0 Å². The molecule has 0 aromatic carbocycles. The maximum atomic E-state index is 10.6. The van der Waals surface area contributed by atoms with Crippen LogP contribution in [0.25, 0.3) is 0 Å². The maximum Gasteiger partial charge on any atom is 0.333 e. The third-order valence-electron chi connectivity index (χ3n) is 1.82. The van der Waals surface area contributed by atoms with Crippen molar-refractivity contribution in [3.05, 3.63) is 11.8 Å². The van der Waals surface area contributed by atoms with E-state index in [0.717, 1.165) is 6.42 Å². The van der Waals surface area contributed by atoms with Crippen LogP contribution in [0.3, 0.4) is 0 Å². The summed E-state index contributed by atoms with van der Waals surface area (Å²) in [4.78, 5) is 10.6. The van der Waals surface area contributed by atoms with Gasteiger partial charge in [-0.25, -0.2) is 4.79 Å². The summed E-state index contributed by atoms with van der Waals surface area (Å²) in [5, 5.41) is 11.4. The van der Waals surface area contributed by atoms with Gasteiger partial charge in [-0.1, -0.05) is 0 Å². The Hall–Kier alpha value is -1.03. The molecule has 1 atom stereocenters.